The molecule has 0 radical (unpaired) electrons. The average Bonchev–Trinajstić information content (AvgIpc) is 2.28. The topological polar surface area (TPSA) is 50.4 Å². The molecule has 0 heterocycles. The normalized spacial score (nSPS) is 18.2. The highest BCUT2D eigenvalue weighted by Gasteiger charge is 2.34. The second kappa shape index (κ2) is 5.42. The Morgan fingerprint density at radius 3 is 2.78 bits per heavy atom. The van der Waals surface area contributed by atoms with E-state index in [1.54, 1.807) is 0 Å². The van der Waals surface area contributed by atoms with Gasteiger partial charge in [-0.05, 0) is 49.3 Å². The van der Waals surface area contributed by atoms with Crippen LogP contribution in [0.1, 0.15) is 38.2 Å². The SMILES string of the molecule is CCC1(CN=C(N)Nc2cccc(C)c2)CCC1. The highest BCUT2D eigenvalue weighted by molar-refractivity contribution is 5.92. The summed E-state index contributed by atoms with van der Waals surface area (Å²) < 4.78 is 0. The molecule has 0 bridgehead atoms. The van der Waals surface area contributed by atoms with E-state index in [2.05, 4.69) is 36.3 Å². The molecular weight excluding hydrogens is 222 g/mol. The fourth-order valence-electron chi connectivity index (χ4n) is 2.46. The van der Waals surface area contributed by atoms with E-state index in [9.17, 15) is 0 Å². The minimum atomic E-state index is 0.429. The van der Waals surface area contributed by atoms with Gasteiger partial charge in [0.05, 0.1) is 0 Å². The molecule has 1 aliphatic carbocycles. The van der Waals surface area contributed by atoms with Gasteiger partial charge in [-0.3, -0.25) is 4.99 Å². The molecule has 18 heavy (non-hydrogen) atoms. The number of aliphatic imine (C=N–C) groups is 1. The summed E-state index contributed by atoms with van der Waals surface area (Å²) in [4.78, 5) is 4.50. The van der Waals surface area contributed by atoms with Gasteiger partial charge in [0.1, 0.15) is 0 Å². The summed E-state index contributed by atoms with van der Waals surface area (Å²) in [5.74, 6) is 0.528. The predicted molar refractivity (Wildman–Crippen MR) is 77.9 cm³/mol. The van der Waals surface area contributed by atoms with Gasteiger partial charge in [-0.15, -0.1) is 0 Å². The van der Waals surface area contributed by atoms with Crippen molar-refractivity contribution in [3.63, 3.8) is 0 Å². The van der Waals surface area contributed by atoms with Gasteiger partial charge in [-0.2, -0.15) is 0 Å². The summed E-state index contributed by atoms with van der Waals surface area (Å²) in [6.45, 7) is 5.17. The third-order valence-electron chi connectivity index (χ3n) is 4.04. The Kier molecular flexibility index (Phi) is 3.90. The lowest BCUT2D eigenvalue weighted by atomic mass is 9.67. The number of anilines is 1. The van der Waals surface area contributed by atoms with Gasteiger partial charge in [0.2, 0.25) is 0 Å². The molecule has 3 heteroatoms. The molecule has 2 rings (SSSR count). The molecule has 1 saturated carbocycles. The van der Waals surface area contributed by atoms with Crippen LogP contribution in [0.3, 0.4) is 0 Å². The Labute approximate surface area is 109 Å². The van der Waals surface area contributed by atoms with Crippen molar-refractivity contribution in [2.75, 3.05) is 11.9 Å². The number of nitrogens with zero attached hydrogens (tertiary/aromatic N) is 1. The maximum atomic E-state index is 5.94. The second-order valence-corrected chi connectivity index (χ2v) is 5.40. The second-order valence-electron chi connectivity index (χ2n) is 5.40. The van der Waals surface area contributed by atoms with Crippen molar-refractivity contribution in [1.29, 1.82) is 0 Å². The molecule has 98 valence electrons. The summed E-state index contributed by atoms with van der Waals surface area (Å²) in [5.41, 5.74) is 8.59. The third kappa shape index (κ3) is 3.03. The molecule has 0 unspecified atom stereocenters. The van der Waals surface area contributed by atoms with Crippen LogP contribution in [0.2, 0.25) is 0 Å². The van der Waals surface area contributed by atoms with Crippen LogP contribution in [0.5, 0.6) is 0 Å². The average molecular weight is 245 g/mol. The number of hydrogen-bond donors (Lipinski definition) is 2. The van der Waals surface area contributed by atoms with Crippen LogP contribution in [0.25, 0.3) is 0 Å². The lowest BCUT2D eigenvalue weighted by Gasteiger charge is -2.40. The maximum Gasteiger partial charge on any atom is 0.193 e. The molecular formula is C15H23N3. The number of rotatable bonds is 4. The first kappa shape index (κ1) is 12.9. The molecule has 0 aromatic heterocycles. The lowest BCUT2D eigenvalue weighted by molar-refractivity contribution is 0.139. The number of hydrogen-bond acceptors (Lipinski definition) is 1. The number of guanidine groups is 1. The maximum absolute atomic E-state index is 5.94. The molecule has 3 N–H and O–H groups in total. The Bertz CT molecular complexity index is 428. The first-order valence-electron chi connectivity index (χ1n) is 6.77. The first-order chi connectivity index (χ1) is 8.63. The van der Waals surface area contributed by atoms with Crippen LogP contribution >= 0.6 is 0 Å². The highest BCUT2D eigenvalue weighted by atomic mass is 15.1. The fraction of sp³-hybridized carbons (Fsp3) is 0.533. The molecule has 0 amide bonds. The zero-order valence-corrected chi connectivity index (χ0v) is 11.4. The Morgan fingerprint density at radius 2 is 2.22 bits per heavy atom. The third-order valence-corrected chi connectivity index (χ3v) is 4.04. The van der Waals surface area contributed by atoms with Crippen molar-refractivity contribution in [2.24, 2.45) is 16.1 Å². The molecule has 1 aromatic carbocycles. The zero-order chi connectivity index (χ0) is 13.0. The van der Waals surface area contributed by atoms with E-state index in [-0.39, 0.29) is 0 Å². The van der Waals surface area contributed by atoms with Crippen molar-refractivity contribution in [2.45, 2.75) is 39.5 Å². The van der Waals surface area contributed by atoms with Gasteiger partial charge in [0.15, 0.2) is 5.96 Å². The molecule has 1 aromatic rings. The molecule has 0 aliphatic heterocycles. The van der Waals surface area contributed by atoms with Crippen LogP contribution in [0.15, 0.2) is 29.3 Å². The van der Waals surface area contributed by atoms with Crippen LogP contribution in [0.4, 0.5) is 5.69 Å². The lowest BCUT2D eigenvalue weighted by Crippen LogP contribution is -2.33. The van der Waals surface area contributed by atoms with E-state index in [1.807, 2.05) is 12.1 Å². The van der Waals surface area contributed by atoms with Crippen molar-refractivity contribution in [3.8, 4) is 0 Å². The molecule has 0 atom stereocenters. The number of benzene rings is 1. The Hall–Kier alpha value is -1.51. The van der Waals surface area contributed by atoms with E-state index < -0.39 is 0 Å². The van der Waals surface area contributed by atoms with Crippen LogP contribution in [0, 0.1) is 12.3 Å². The summed E-state index contributed by atoms with van der Waals surface area (Å²) >= 11 is 0. The summed E-state index contributed by atoms with van der Waals surface area (Å²) in [6, 6.07) is 8.17. The molecule has 0 saturated heterocycles. The monoisotopic (exact) mass is 245 g/mol. The largest absolute Gasteiger partial charge is 0.370 e. The molecule has 3 nitrogen and oxygen atoms in total. The Morgan fingerprint density at radius 1 is 1.44 bits per heavy atom. The van der Waals surface area contributed by atoms with Crippen LogP contribution in [-0.2, 0) is 0 Å². The van der Waals surface area contributed by atoms with Gasteiger partial charge in [0, 0.05) is 12.2 Å². The Balaban J connectivity index is 1.93. The van der Waals surface area contributed by atoms with Gasteiger partial charge >= 0.3 is 0 Å². The van der Waals surface area contributed by atoms with Crippen molar-refractivity contribution in [3.05, 3.63) is 29.8 Å². The van der Waals surface area contributed by atoms with Crippen LogP contribution in [-0.4, -0.2) is 12.5 Å². The smallest absolute Gasteiger partial charge is 0.193 e. The minimum absolute atomic E-state index is 0.429. The summed E-state index contributed by atoms with van der Waals surface area (Å²) in [5, 5.41) is 3.16. The minimum Gasteiger partial charge on any atom is -0.370 e. The van der Waals surface area contributed by atoms with Crippen LogP contribution < -0.4 is 11.1 Å². The molecule has 1 aliphatic rings. The van der Waals surface area contributed by atoms with Crippen molar-refractivity contribution < 1.29 is 0 Å². The van der Waals surface area contributed by atoms with E-state index >= 15 is 0 Å². The first-order valence-corrected chi connectivity index (χ1v) is 6.77. The highest BCUT2D eigenvalue weighted by Crippen LogP contribution is 2.43. The van der Waals surface area contributed by atoms with Gasteiger partial charge < -0.3 is 11.1 Å². The van der Waals surface area contributed by atoms with Crippen molar-refractivity contribution >= 4 is 11.6 Å². The molecule has 0 spiro atoms. The number of nitrogens with one attached hydrogen (secondary N) is 1. The number of nitrogens with two attached hydrogens (primary N) is 1. The molecule has 1 fully saturated rings. The van der Waals surface area contributed by atoms with Gasteiger partial charge in [-0.25, -0.2) is 0 Å². The van der Waals surface area contributed by atoms with E-state index in [0.717, 1.165) is 12.2 Å². The van der Waals surface area contributed by atoms with Gasteiger partial charge in [0.25, 0.3) is 0 Å². The van der Waals surface area contributed by atoms with Gasteiger partial charge in [-0.1, -0.05) is 25.5 Å². The van der Waals surface area contributed by atoms with Crippen molar-refractivity contribution in [1.82, 2.24) is 0 Å². The quantitative estimate of drug-likeness (QED) is 0.631. The standard InChI is InChI=1S/C15H23N3/c1-3-15(8-5-9-15)11-17-14(16)18-13-7-4-6-12(2)10-13/h4,6-7,10H,3,5,8-9,11H2,1-2H3,(H3,16,17,18). The summed E-state index contributed by atoms with van der Waals surface area (Å²) in [7, 11) is 0. The predicted octanol–water partition coefficient (Wildman–Crippen LogP) is 3.30. The summed E-state index contributed by atoms with van der Waals surface area (Å²) in [6.07, 6.45) is 5.14. The number of aryl methyl sites for hydroxylation is 1. The fourth-order valence-corrected chi connectivity index (χ4v) is 2.46. The van der Waals surface area contributed by atoms with E-state index in [1.165, 1.54) is 31.2 Å². The van der Waals surface area contributed by atoms with E-state index in [0.29, 0.717) is 11.4 Å². The van der Waals surface area contributed by atoms with E-state index in [4.69, 9.17) is 5.73 Å². The zero-order valence-electron chi connectivity index (χ0n) is 11.4.